The summed E-state index contributed by atoms with van der Waals surface area (Å²) in [5, 5.41) is 2.71. The summed E-state index contributed by atoms with van der Waals surface area (Å²) >= 11 is 3.36. The molecule has 0 fully saturated rings. The first-order chi connectivity index (χ1) is 14.8. The van der Waals surface area contributed by atoms with Crippen LogP contribution in [-0.2, 0) is 14.8 Å². The third kappa shape index (κ3) is 5.36. The lowest BCUT2D eigenvalue weighted by Crippen LogP contribution is -2.38. The van der Waals surface area contributed by atoms with Crippen molar-refractivity contribution < 1.29 is 22.7 Å². The minimum atomic E-state index is -3.97. The Morgan fingerprint density at radius 1 is 0.935 bits per heavy atom. The number of nitrogens with one attached hydrogen (secondary N) is 1. The van der Waals surface area contributed by atoms with E-state index in [0.29, 0.717) is 27.3 Å². The molecular formula is C22H21BrN2O5S. The highest BCUT2D eigenvalue weighted by atomic mass is 79.9. The molecule has 0 saturated heterocycles. The fraction of sp³-hybridized carbons (Fsp3) is 0.136. The highest BCUT2D eigenvalue weighted by Crippen LogP contribution is 2.30. The van der Waals surface area contributed by atoms with Crippen molar-refractivity contribution in [2.24, 2.45) is 0 Å². The van der Waals surface area contributed by atoms with Gasteiger partial charge in [0, 0.05) is 16.2 Å². The van der Waals surface area contributed by atoms with Crippen molar-refractivity contribution in [3.63, 3.8) is 0 Å². The summed E-state index contributed by atoms with van der Waals surface area (Å²) in [7, 11) is -0.969. The lowest BCUT2D eigenvalue weighted by molar-refractivity contribution is -0.114. The van der Waals surface area contributed by atoms with Gasteiger partial charge in [-0.15, -0.1) is 0 Å². The van der Waals surface area contributed by atoms with Gasteiger partial charge in [0.2, 0.25) is 5.91 Å². The van der Waals surface area contributed by atoms with E-state index < -0.39 is 22.5 Å². The topological polar surface area (TPSA) is 84.9 Å². The molecule has 1 amide bonds. The van der Waals surface area contributed by atoms with Crippen molar-refractivity contribution in [3.05, 3.63) is 77.3 Å². The Bertz CT molecular complexity index is 1170. The minimum Gasteiger partial charge on any atom is -0.493 e. The number of nitrogens with zero attached hydrogens (tertiary/aromatic N) is 1. The summed E-state index contributed by atoms with van der Waals surface area (Å²) in [5.74, 6) is 0.454. The Labute approximate surface area is 189 Å². The highest BCUT2D eigenvalue weighted by molar-refractivity contribution is 9.10. The average Bonchev–Trinajstić information content (AvgIpc) is 2.77. The van der Waals surface area contributed by atoms with Crippen LogP contribution in [-0.4, -0.2) is 35.1 Å². The number of rotatable bonds is 8. The molecule has 0 aliphatic heterocycles. The van der Waals surface area contributed by atoms with Gasteiger partial charge in [-0.2, -0.15) is 0 Å². The van der Waals surface area contributed by atoms with Crippen LogP contribution in [0.3, 0.4) is 0 Å². The predicted octanol–water partition coefficient (Wildman–Crippen LogP) is 4.30. The molecule has 0 saturated carbocycles. The molecule has 3 aromatic carbocycles. The Morgan fingerprint density at radius 2 is 1.65 bits per heavy atom. The quantitative estimate of drug-likeness (QED) is 0.494. The van der Waals surface area contributed by atoms with Crippen LogP contribution in [0.4, 0.5) is 11.4 Å². The molecule has 31 heavy (non-hydrogen) atoms. The summed E-state index contributed by atoms with van der Waals surface area (Å²) in [5.41, 5.74) is 0.814. The van der Waals surface area contributed by atoms with Crippen LogP contribution in [0, 0.1) is 0 Å². The van der Waals surface area contributed by atoms with Crippen LogP contribution < -0.4 is 19.1 Å². The number of amides is 1. The number of carbonyl (C=O) groups is 1. The summed E-state index contributed by atoms with van der Waals surface area (Å²) in [4.78, 5) is 12.9. The van der Waals surface area contributed by atoms with Crippen molar-refractivity contribution in [1.29, 1.82) is 0 Å². The van der Waals surface area contributed by atoms with Crippen LogP contribution in [0.5, 0.6) is 11.5 Å². The van der Waals surface area contributed by atoms with E-state index in [0.717, 1.165) is 4.31 Å². The minimum absolute atomic E-state index is 0.0916. The molecule has 0 heterocycles. The lowest BCUT2D eigenvalue weighted by Gasteiger charge is -2.24. The van der Waals surface area contributed by atoms with E-state index >= 15 is 0 Å². The maximum absolute atomic E-state index is 13.3. The average molecular weight is 505 g/mol. The van der Waals surface area contributed by atoms with Gasteiger partial charge in [-0.25, -0.2) is 8.42 Å². The van der Waals surface area contributed by atoms with E-state index in [2.05, 4.69) is 21.2 Å². The number of benzene rings is 3. The Morgan fingerprint density at radius 3 is 2.29 bits per heavy atom. The van der Waals surface area contributed by atoms with E-state index in [1.807, 2.05) is 0 Å². The third-order valence-electron chi connectivity index (χ3n) is 4.38. The normalized spacial score (nSPS) is 10.9. The molecule has 0 aromatic heterocycles. The maximum atomic E-state index is 13.3. The van der Waals surface area contributed by atoms with Gasteiger partial charge in [0.05, 0.1) is 24.8 Å². The molecule has 0 aliphatic carbocycles. The number of anilines is 2. The number of ether oxygens (including phenoxy) is 2. The third-order valence-corrected chi connectivity index (χ3v) is 6.66. The zero-order chi connectivity index (χ0) is 22.4. The predicted molar refractivity (Wildman–Crippen MR) is 123 cm³/mol. The van der Waals surface area contributed by atoms with Crippen LogP contribution in [0.25, 0.3) is 0 Å². The van der Waals surface area contributed by atoms with Crippen LogP contribution in [0.1, 0.15) is 0 Å². The summed E-state index contributed by atoms with van der Waals surface area (Å²) < 4.78 is 38.8. The second kappa shape index (κ2) is 9.84. The number of halogens is 1. The Kier molecular flexibility index (Phi) is 7.19. The zero-order valence-electron chi connectivity index (χ0n) is 16.9. The molecule has 0 unspecified atom stereocenters. The van der Waals surface area contributed by atoms with Gasteiger partial charge in [0.1, 0.15) is 6.54 Å². The molecule has 0 aliphatic rings. The summed E-state index contributed by atoms with van der Waals surface area (Å²) in [6.07, 6.45) is 0. The van der Waals surface area contributed by atoms with Gasteiger partial charge in [-0.3, -0.25) is 9.10 Å². The number of hydrogen-bond acceptors (Lipinski definition) is 5. The standard InChI is InChI=1S/C22H21BrN2O5S/c1-29-20-12-11-17(14-21(20)30-2)24-22(26)15-25(18-8-6-7-16(23)13-18)31(27,28)19-9-4-3-5-10-19/h3-14H,15H2,1-2H3,(H,24,26). The van der Waals surface area contributed by atoms with Crippen molar-refractivity contribution in [1.82, 2.24) is 0 Å². The number of methoxy groups -OCH3 is 2. The maximum Gasteiger partial charge on any atom is 0.264 e. The molecule has 7 nitrogen and oxygen atoms in total. The van der Waals surface area contributed by atoms with Gasteiger partial charge >= 0.3 is 0 Å². The molecule has 9 heteroatoms. The first-order valence-corrected chi connectivity index (χ1v) is 11.4. The van der Waals surface area contributed by atoms with Gasteiger partial charge in [-0.05, 0) is 42.5 Å². The summed E-state index contributed by atoms with van der Waals surface area (Å²) in [6.45, 7) is -0.415. The molecule has 1 N–H and O–H groups in total. The van der Waals surface area contributed by atoms with Crippen LogP contribution in [0.15, 0.2) is 82.2 Å². The number of hydrogen-bond donors (Lipinski definition) is 1. The Hall–Kier alpha value is -3.04. The smallest absolute Gasteiger partial charge is 0.264 e. The fourth-order valence-electron chi connectivity index (χ4n) is 2.91. The monoisotopic (exact) mass is 504 g/mol. The van der Waals surface area contributed by atoms with Gasteiger partial charge < -0.3 is 14.8 Å². The molecule has 3 aromatic rings. The zero-order valence-corrected chi connectivity index (χ0v) is 19.3. The highest BCUT2D eigenvalue weighted by Gasteiger charge is 2.27. The summed E-state index contributed by atoms with van der Waals surface area (Å²) in [6, 6.07) is 19.6. The van der Waals surface area contributed by atoms with Crippen molar-refractivity contribution in [2.75, 3.05) is 30.4 Å². The SMILES string of the molecule is COc1ccc(NC(=O)CN(c2cccc(Br)c2)S(=O)(=O)c2ccccc2)cc1OC. The first-order valence-electron chi connectivity index (χ1n) is 9.20. The molecular weight excluding hydrogens is 484 g/mol. The van der Waals surface area contributed by atoms with Crippen molar-refractivity contribution >= 4 is 43.2 Å². The van der Waals surface area contributed by atoms with Crippen molar-refractivity contribution in [3.8, 4) is 11.5 Å². The largest absolute Gasteiger partial charge is 0.493 e. The van der Waals surface area contributed by atoms with Crippen LogP contribution in [0.2, 0.25) is 0 Å². The molecule has 0 radical (unpaired) electrons. The van der Waals surface area contributed by atoms with Gasteiger partial charge in [0.15, 0.2) is 11.5 Å². The molecule has 3 rings (SSSR count). The molecule has 162 valence electrons. The van der Waals surface area contributed by atoms with E-state index in [9.17, 15) is 13.2 Å². The number of carbonyl (C=O) groups excluding carboxylic acids is 1. The fourth-order valence-corrected chi connectivity index (χ4v) is 4.73. The van der Waals surface area contributed by atoms with E-state index in [-0.39, 0.29) is 4.90 Å². The van der Waals surface area contributed by atoms with E-state index in [4.69, 9.17) is 9.47 Å². The Balaban J connectivity index is 1.91. The first kappa shape index (κ1) is 22.6. The van der Waals surface area contributed by atoms with E-state index in [1.54, 1.807) is 60.7 Å². The molecule has 0 bridgehead atoms. The second-order valence-electron chi connectivity index (χ2n) is 6.42. The number of sulfonamides is 1. The van der Waals surface area contributed by atoms with Gasteiger partial charge in [0.25, 0.3) is 10.0 Å². The van der Waals surface area contributed by atoms with Gasteiger partial charge in [-0.1, -0.05) is 40.2 Å². The van der Waals surface area contributed by atoms with E-state index in [1.165, 1.54) is 26.4 Å². The molecule has 0 atom stereocenters. The van der Waals surface area contributed by atoms with Crippen molar-refractivity contribution in [2.45, 2.75) is 4.90 Å². The molecule has 0 spiro atoms. The lowest BCUT2D eigenvalue weighted by atomic mass is 10.2. The second-order valence-corrected chi connectivity index (χ2v) is 9.20. The van der Waals surface area contributed by atoms with Crippen LogP contribution >= 0.6 is 15.9 Å².